The molecule has 14 heteroatoms. The third-order valence-corrected chi connectivity index (χ3v) is 8.72. The topological polar surface area (TPSA) is 171 Å². The number of likely N-dealkylation sites (tertiary alicyclic amines) is 1. The van der Waals surface area contributed by atoms with Gasteiger partial charge in [0.05, 0.1) is 18.0 Å². The highest BCUT2D eigenvalue weighted by Crippen LogP contribution is 2.28. The van der Waals surface area contributed by atoms with Crippen molar-refractivity contribution in [1.29, 1.82) is 0 Å². The number of nitrogens with zero attached hydrogens (tertiary/aromatic N) is 5. The summed E-state index contributed by atoms with van der Waals surface area (Å²) >= 11 is 0. The molecule has 2 aliphatic heterocycles. The summed E-state index contributed by atoms with van der Waals surface area (Å²) in [5, 5.41) is 6.24. The largest absolute Gasteiger partial charge is 0.467 e. The minimum absolute atomic E-state index is 0.00979. The van der Waals surface area contributed by atoms with E-state index in [4.69, 9.17) is 15.0 Å². The van der Waals surface area contributed by atoms with E-state index in [9.17, 15) is 22.8 Å². The molecule has 3 atom stereocenters. The first-order valence-electron chi connectivity index (χ1n) is 12.8. The predicted octanol–water partition coefficient (Wildman–Crippen LogP) is 2.62. The second kappa shape index (κ2) is 12.8. The molecule has 0 radical (unpaired) electrons. The van der Waals surface area contributed by atoms with Crippen molar-refractivity contribution in [3.63, 3.8) is 0 Å². The highest BCUT2D eigenvalue weighted by Gasteiger charge is 2.44. The van der Waals surface area contributed by atoms with Gasteiger partial charge in [0.15, 0.2) is 0 Å². The van der Waals surface area contributed by atoms with E-state index in [2.05, 4.69) is 15.3 Å². The molecule has 40 heavy (non-hydrogen) atoms. The summed E-state index contributed by atoms with van der Waals surface area (Å²) in [7, 11) is -2.92. The van der Waals surface area contributed by atoms with E-state index in [1.54, 1.807) is 47.4 Å². The minimum atomic E-state index is -4.10. The number of hydrogen-bond donors (Lipinski definition) is 1. The van der Waals surface area contributed by atoms with Crippen LogP contribution in [0.3, 0.4) is 0 Å². The number of sulfonamides is 1. The maximum absolute atomic E-state index is 13.4. The summed E-state index contributed by atoms with van der Waals surface area (Å²) in [6.45, 7) is 1.14. The van der Waals surface area contributed by atoms with E-state index >= 15 is 0 Å². The quantitative estimate of drug-likeness (QED) is 0.209. The molecule has 0 spiro atoms. The van der Waals surface area contributed by atoms with Crippen molar-refractivity contribution in [3.05, 3.63) is 70.6 Å². The second-order valence-corrected chi connectivity index (χ2v) is 11.4. The molecule has 2 aromatic carbocycles. The molecule has 0 bridgehead atoms. The van der Waals surface area contributed by atoms with Crippen LogP contribution in [0.15, 0.2) is 64.6 Å². The summed E-state index contributed by atoms with van der Waals surface area (Å²) in [6.07, 6.45) is 1.45. The van der Waals surface area contributed by atoms with Gasteiger partial charge in [-0.1, -0.05) is 35.4 Å². The van der Waals surface area contributed by atoms with Crippen LogP contribution in [0, 0.1) is 0 Å². The van der Waals surface area contributed by atoms with Gasteiger partial charge in [0.1, 0.15) is 17.8 Å². The fourth-order valence-corrected chi connectivity index (χ4v) is 6.43. The lowest BCUT2D eigenvalue weighted by atomic mass is 10.0. The van der Waals surface area contributed by atoms with E-state index in [0.717, 1.165) is 17.1 Å². The molecular weight excluding hydrogens is 540 g/mol. The zero-order chi connectivity index (χ0) is 28.7. The maximum Gasteiger partial charge on any atom is 0.415 e. The van der Waals surface area contributed by atoms with Gasteiger partial charge in [-0.3, -0.25) is 4.79 Å². The lowest BCUT2D eigenvalue weighted by molar-refractivity contribution is -0.145. The Hall–Kier alpha value is -4.13. The second-order valence-electron chi connectivity index (χ2n) is 9.49. The first-order valence-corrected chi connectivity index (χ1v) is 14.2. The Morgan fingerprint density at radius 2 is 1.77 bits per heavy atom. The first-order chi connectivity index (χ1) is 19.2. The van der Waals surface area contributed by atoms with E-state index in [1.807, 2.05) is 0 Å². The Morgan fingerprint density at radius 3 is 2.40 bits per heavy atom. The van der Waals surface area contributed by atoms with Crippen molar-refractivity contribution < 1.29 is 32.3 Å². The number of methoxy groups -OCH3 is 1. The molecule has 13 nitrogen and oxygen atoms in total. The summed E-state index contributed by atoms with van der Waals surface area (Å²) in [5.74, 6) is -1.10. The van der Waals surface area contributed by atoms with E-state index in [0.29, 0.717) is 24.4 Å². The van der Waals surface area contributed by atoms with Gasteiger partial charge in [-0.15, -0.1) is 0 Å². The van der Waals surface area contributed by atoms with Crippen LogP contribution in [-0.4, -0.2) is 80.5 Å². The number of nitrogens with one attached hydrogen (secondary N) is 1. The van der Waals surface area contributed by atoms with Crippen LogP contribution in [-0.2, 0) is 30.8 Å². The Morgan fingerprint density at radius 1 is 1.10 bits per heavy atom. The molecule has 2 amide bonds. The number of carbonyl (C=O) groups excluding carboxylic acids is 3. The third-order valence-electron chi connectivity index (χ3n) is 6.84. The number of carbonyl (C=O) groups is 3. The van der Waals surface area contributed by atoms with Gasteiger partial charge in [-0.05, 0) is 54.6 Å². The maximum atomic E-state index is 13.4. The standard InChI is InChI=1S/C26H30N6O7S/c1-38-25(34)22(15-18-9-11-20(12-10-18)39-26(35)31-13-5-6-14-31)28-24(33)23-16-19(29-30-27)17-32(23)40(36,37)21-7-3-2-4-8-21/h2-4,7-12,19,22-23H,5-6,13-17H2,1H3,(H,28,33)/t19?,22-,23+/m0/s1. The van der Waals surface area contributed by atoms with Gasteiger partial charge in [-0.2, -0.15) is 4.31 Å². The number of amides is 2. The zero-order valence-corrected chi connectivity index (χ0v) is 22.7. The van der Waals surface area contributed by atoms with Crippen LogP contribution in [0.5, 0.6) is 5.75 Å². The number of azide groups is 1. The molecule has 2 aliphatic rings. The molecule has 0 aliphatic carbocycles. The Balaban J connectivity index is 1.48. The molecule has 0 aromatic heterocycles. The number of ether oxygens (including phenoxy) is 2. The Bertz CT molecular complexity index is 1370. The van der Waals surface area contributed by atoms with Crippen molar-refractivity contribution in [2.75, 3.05) is 26.7 Å². The van der Waals surface area contributed by atoms with Crippen molar-refractivity contribution in [2.45, 2.75) is 48.7 Å². The van der Waals surface area contributed by atoms with Crippen molar-refractivity contribution in [1.82, 2.24) is 14.5 Å². The molecule has 212 valence electrons. The van der Waals surface area contributed by atoms with Crippen LogP contribution in [0.1, 0.15) is 24.8 Å². The molecule has 0 saturated carbocycles. The van der Waals surface area contributed by atoms with Crippen molar-refractivity contribution in [3.8, 4) is 5.75 Å². The van der Waals surface area contributed by atoms with E-state index in [1.165, 1.54) is 19.2 Å². The number of esters is 1. The Kier molecular flexibility index (Phi) is 9.25. The average molecular weight is 571 g/mol. The van der Waals surface area contributed by atoms with Crippen LogP contribution < -0.4 is 10.1 Å². The number of hydrogen-bond acceptors (Lipinski definition) is 8. The van der Waals surface area contributed by atoms with Gasteiger partial charge in [0.25, 0.3) is 0 Å². The fourth-order valence-electron chi connectivity index (χ4n) is 4.77. The van der Waals surface area contributed by atoms with Crippen LogP contribution >= 0.6 is 0 Å². The van der Waals surface area contributed by atoms with Crippen LogP contribution in [0.2, 0.25) is 0 Å². The van der Waals surface area contributed by atoms with Crippen molar-refractivity contribution in [2.24, 2.45) is 5.11 Å². The van der Waals surface area contributed by atoms with E-state index in [-0.39, 0.29) is 24.3 Å². The monoisotopic (exact) mass is 570 g/mol. The lowest BCUT2D eigenvalue weighted by Crippen LogP contribution is -2.51. The van der Waals surface area contributed by atoms with E-state index < -0.39 is 46.1 Å². The van der Waals surface area contributed by atoms with Gasteiger partial charge in [-0.25, -0.2) is 18.0 Å². The summed E-state index contributed by atoms with van der Waals surface area (Å²) in [5.41, 5.74) is 9.54. The molecule has 2 saturated heterocycles. The average Bonchev–Trinajstić information content (AvgIpc) is 3.65. The number of rotatable bonds is 9. The molecule has 1 N–H and O–H groups in total. The third kappa shape index (κ3) is 6.71. The first kappa shape index (κ1) is 28.9. The van der Waals surface area contributed by atoms with Gasteiger partial charge < -0.3 is 19.7 Å². The van der Waals surface area contributed by atoms with Crippen LogP contribution in [0.25, 0.3) is 10.4 Å². The molecule has 2 heterocycles. The number of benzene rings is 2. The lowest BCUT2D eigenvalue weighted by Gasteiger charge is -2.25. The SMILES string of the molecule is COC(=O)[C@H](Cc1ccc(OC(=O)N2CCCC2)cc1)NC(=O)[C@H]1CC(N=[N+]=[N-])CN1S(=O)(=O)c1ccccc1. The molecule has 1 unspecified atom stereocenters. The van der Waals surface area contributed by atoms with Crippen molar-refractivity contribution >= 4 is 28.0 Å². The van der Waals surface area contributed by atoms with Gasteiger partial charge in [0.2, 0.25) is 15.9 Å². The smallest absolute Gasteiger partial charge is 0.415 e. The van der Waals surface area contributed by atoms with Crippen LogP contribution in [0.4, 0.5) is 4.79 Å². The minimum Gasteiger partial charge on any atom is -0.467 e. The fraction of sp³-hybridized carbons (Fsp3) is 0.423. The zero-order valence-electron chi connectivity index (χ0n) is 21.9. The summed E-state index contributed by atoms with van der Waals surface area (Å²) < 4.78 is 37.9. The summed E-state index contributed by atoms with van der Waals surface area (Å²) in [4.78, 5) is 42.6. The Labute approximate surface area is 231 Å². The molecule has 4 rings (SSSR count). The highest BCUT2D eigenvalue weighted by atomic mass is 32.2. The van der Waals surface area contributed by atoms with Gasteiger partial charge in [0, 0.05) is 31.0 Å². The predicted molar refractivity (Wildman–Crippen MR) is 143 cm³/mol. The molecule has 2 fully saturated rings. The highest BCUT2D eigenvalue weighted by molar-refractivity contribution is 7.89. The molecule has 2 aromatic rings. The normalized spacial score (nSPS) is 19.9. The molecular formula is C26H30N6O7S. The van der Waals surface area contributed by atoms with Gasteiger partial charge >= 0.3 is 12.1 Å². The summed E-state index contributed by atoms with van der Waals surface area (Å²) in [6, 6.07) is 11.0.